The summed E-state index contributed by atoms with van der Waals surface area (Å²) >= 11 is 0. The molecule has 0 bridgehead atoms. The van der Waals surface area contributed by atoms with Crippen molar-refractivity contribution < 1.29 is 8.42 Å². The molecule has 0 spiro atoms. The Morgan fingerprint density at radius 3 is 2.60 bits per heavy atom. The Balaban J connectivity index is 2.86. The Kier molecular flexibility index (Phi) is 3.46. The molecule has 1 heterocycles. The molecular weight excluding hydrogens is 216 g/mol. The third-order valence-electron chi connectivity index (χ3n) is 2.09. The molecule has 0 aliphatic carbocycles. The zero-order chi connectivity index (χ0) is 11.6. The number of aromatic nitrogens is 3. The Bertz CT molecular complexity index is 424. The molecular formula is C8H16N4O2S. The van der Waals surface area contributed by atoms with Gasteiger partial charge in [0.2, 0.25) is 10.0 Å². The van der Waals surface area contributed by atoms with Crippen LogP contribution in [0.2, 0.25) is 0 Å². The molecule has 0 fully saturated rings. The Morgan fingerprint density at radius 2 is 2.13 bits per heavy atom. The molecule has 0 aromatic carbocycles. The Morgan fingerprint density at radius 1 is 1.53 bits per heavy atom. The summed E-state index contributed by atoms with van der Waals surface area (Å²) < 4.78 is 25.4. The van der Waals surface area contributed by atoms with E-state index in [2.05, 4.69) is 10.3 Å². The number of hydrogen-bond donors (Lipinski definition) is 0. The first-order chi connectivity index (χ1) is 6.82. The standard InChI is InChI=1S/C8H16N4O2S/c1-7(2)12-8(5-9-10-12)6-11(3)15(4,13)14/h5,7H,6H2,1-4H3. The number of nitrogens with zero attached hydrogens (tertiary/aromatic N) is 4. The average Bonchev–Trinajstić information content (AvgIpc) is 2.50. The van der Waals surface area contributed by atoms with E-state index in [9.17, 15) is 8.42 Å². The van der Waals surface area contributed by atoms with Crippen LogP contribution in [0.4, 0.5) is 0 Å². The predicted molar refractivity (Wildman–Crippen MR) is 56.7 cm³/mol. The Labute approximate surface area is 89.9 Å². The summed E-state index contributed by atoms with van der Waals surface area (Å²) in [4.78, 5) is 0. The second-order valence-electron chi connectivity index (χ2n) is 3.78. The lowest BCUT2D eigenvalue weighted by atomic mass is 10.3. The smallest absolute Gasteiger partial charge is 0.211 e. The van der Waals surface area contributed by atoms with Crippen LogP contribution in [-0.2, 0) is 16.6 Å². The summed E-state index contributed by atoms with van der Waals surface area (Å²) in [7, 11) is -1.62. The maximum Gasteiger partial charge on any atom is 0.211 e. The lowest BCUT2D eigenvalue weighted by molar-refractivity contribution is 0.429. The van der Waals surface area contributed by atoms with Crippen molar-refractivity contribution in [3.63, 3.8) is 0 Å². The van der Waals surface area contributed by atoms with E-state index < -0.39 is 10.0 Å². The van der Waals surface area contributed by atoms with Crippen LogP contribution in [0.25, 0.3) is 0 Å². The van der Waals surface area contributed by atoms with Crippen molar-refractivity contribution in [2.75, 3.05) is 13.3 Å². The van der Waals surface area contributed by atoms with Crippen LogP contribution in [-0.4, -0.2) is 41.0 Å². The molecule has 86 valence electrons. The normalized spacial score (nSPS) is 12.7. The van der Waals surface area contributed by atoms with Crippen LogP contribution in [0.1, 0.15) is 25.6 Å². The fraction of sp³-hybridized carbons (Fsp3) is 0.750. The maximum atomic E-state index is 11.2. The highest BCUT2D eigenvalue weighted by molar-refractivity contribution is 7.88. The van der Waals surface area contributed by atoms with E-state index in [0.717, 1.165) is 5.69 Å². The van der Waals surface area contributed by atoms with E-state index in [0.29, 0.717) is 6.54 Å². The first-order valence-corrected chi connectivity index (χ1v) is 6.47. The topological polar surface area (TPSA) is 68.1 Å². The number of sulfonamides is 1. The third-order valence-corrected chi connectivity index (χ3v) is 3.35. The van der Waals surface area contributed by atoms with Crippen LogP contribution in [0, 0.1) is 0 Å². The molecule has 0 N–H and O–H groups in total. The molecule has 0 atom stereocenters. The van der Waals surface area contributed by atoms with Gasteiger partial charge in [-0.05, 0) is 13.8 Å². The summed E-state index contributed by atoms with van der Waals surface area (Å²) in [5.41, 5.74) is 0.790. The minimum Gasteiger partial charge on any atom is -0.246 e. The highest BCUT2D eigenvalue weighted by atomic mass is 32.2. The third kappa shape index (κ3) is 3.00. The van der Waals surface area contributed by atoms with E-state index in [1.54, 1.807) is 10.9 Å². The van der Waals surface area contributed by atoms with E-state index in [1.165, 1.54) is 17.6 Å². The summed E-state index contributed by atoms with van der Waals surface area (Å²) in [5.74, 6) is 0. The molecule has 0 radical (unpaired) electrons. The van der Waals surface area contributed by atoms with Gasteiger partial charge in [-0.1, -0.05) is 5.21 Å². The molecule has 1 rings (SSSR count). The summed E-state index contributed by atoms with van der Waals surface area (Å²) in [6.07, 6.45) is 2.76. The van der Waals surface area contributed by atoms with Crippen LogP contribution in [0.3, 0.4) is 0 Å². The Hall–Kier alpha value is -0.950. The average molecular weight is 232 g/mol. The molecule has 0 saturated heterocycles. The van der Waals surface area contributed by atoms with Gasteiger partial charge in [0.05, 0.1) is 24.7 Å². The lowest BCUT2D eigenvalue weighted by Crippen LogP contribution is -2.26. The first kappa shape index (κ1) is 12.1. The van der Waals surface area contributed by atoms with Crippen LogP contribution in [0.15, 0.2) is 6.20 Å². The van der Waals surface area contributed by atoms with Crippen molar-refractivity contribution in [2.24, 2.45) is 0 Å². The minimum atomic E-state index is -3.16. The lowest BCUT2D eigenvalue weighted by Gasteiger charge is -2.15. The predicted octanol–water partition coefficient (Wildman–Crippen LogP) is 0.250. The van der Waals surface area contributed by atoms with Gasteiger partial charge in [0.15, 0.2) is 0 Å². The molecule has 0 aliphatic heterocycles. The van der Waals surface area contributed by atoms with E-state index >= 15 is 0 Å². The molecule has 0 aliphatic rings. The highest BCUT2D eigenvalue weighted by Crippen LogP contribution is 2.09. The first-order valence-electron chi connectivity index (χ1n) is 4.62. The number of rotatable bonds is 4. The van der Waals surface area contributed by atoms with Crippen LogP contribution < -0.4 is 0 Å². The van der Waals surface area contributed by atoms with Gasteiger partial charge in [-0.25, -0.2) is 13.1 Å². The van der Waals surface area contributed by atoms with Gasteiger partial charge in [0.25, 0.3) is 0 Å². The van der Waals surface area contributed by atoms with Crippen LogP contribution >= 0.6 is 0 Å². The molecule has 6 nitrogen and oxygen atoms in total. The zero-order valence-corrected chi connectivity index (χ0v) is 10.2. The van der Waals surface area contributed by atoms with Gasteiger partial charge in [-0.2, -0.15) is 4.31 Å². The van der Waals surface area contributed by atoms with Gasteiger partial charge in [0.1, 0.15) is 0 Å². The molecule has 1 aromatic heterocycles. The molecule has 0 unspecified atom stereocenters. The van der Waals surface area contributed by atoms with Crippen molar-refractivity contribution in [3.8, 4) is 0 Å². The molecule has 0 saturated carbocycles. The van der Waals surface area contributed by atoms with Gasteiger partial charge >= 0.3 is 0 Å². The van der Waals surface area contributed by atoms with Crippen molar-refractivity contribution >= 4 is 10.0 Å². The summed E-state index contributed by atoms with van der Waals surface area (Å²) in [6.45, 7) is 4.24. The van der Waals surface area contributed by atoms with Gasteiger partial charge in [0, 0.05) is 13.1 Å². The quantitative estimate of drug-likeness (QED) is 0.746. The highest BCUT2D eigenvalue weighted by Gasteiger charge is 2.15. The molecule has 1 aromatic rings. The van der Waals surface area contributed by atoms with Crippen molar-refractivity contribution in [3.05, 3.63) is 11.9 Å². The fourth-order valence-electron chi connectivity index (χ4n) is 1.16. The summed E-state index contributed by atoms with van der Waals surface area (Å²) in [5, 5.41) is 7.67. The van der Waals surface area contributed by atoms with Gasteiger partial charge < -0.3 is 0 Å². The van der Waals surface area contributed by atoms with Gasteiger partial charge in [-0.15, -0.1) is 5.10 Å². The second kappa shape index (κ2) is 4.28. The monoisotopic (exact) mass is 232 g/mol. The van der Waals surface area contributed by atoms with E-state index in [1.807, 2.05) is 13.8 Å². The molecule has 7 heteroatoms. The second-order valence-corrected chi connectivity index (χ2v) is 5.87. The number of hydrogen-bond acceptors (Lipinski definition) is 4. The zero-order valence-electron chi connectivity index (χ0n) is 9.38. The van der Waals surface area contributed by atoms with Crippen LogP contribution in [0.5, 0.6) is 0 Å². The minimum absolute atomic E-state index is 0.176. The SMILES string of the molecule is CC(C)n1nncc1CN(C)S(C)(=O)=O. The van der Waals surface area contributed by atoms with Crippen molar-refractivity contribution in [1.82, 2.24) is 19.3 Å². The molecule has 0 amide bonds. The summed E-state index contributed by atoms with van der Waals surface area (Å²) in [6, 6.07) is 0.176. The van der Waals surface area contributed by atoms with Crippen molar-refractivity contribution in [2.45, 2.75) is 26.4 Å². The van der Waals surface area contributed by atoms with Gasteiger partial charge in [-0.3, -0.25) is 0 Å². The van der Waals surface area contributed by atoms with Crippen molar-refractivity contribution in [1.29, 1.82) is 0 Å². The van der Waals surface area contributed by atoms with E-state index in [-0.39, 0.29) is 6.04 Å². The molecule has 15 heavy (non-hydrogen) atoms. The van der Waals surface area contributed by atoms with E-state index in [4.69, 9.17) is 0 Å². The fourth-order valence-corrected chi connectivity index (χ4v) is 1.53. The maximum absolute atomic E-state index is 11.2. The largest absolute Gasteiger partial charge is 0.246 e.